The number of nitrogens with zero attached hydrogens (tertiary/aromatic N) is 13. The van der Waals surface area contributed by atoms with Crippen LogP contribution in [-0.2, 0) is 37.4 Å². The standard InChI is InChI=1S/C27H25ClF3N5O.C24H24BClF3N3O2.C18H12BrClF3N3.C12H24B2O4.C9H13IN2O/c1-27(37-2)9-18(10-27)36-13-15(11-33-36)25-20(28)12-32-22-5-6-24(34-26(22)25)35-14-17(30)8-23(35)19-7-16(29)3-4-21(19)31;1-23(2)24(3,4)34-25(33-23)21-16(26)11-30-18-7-8-20(31-22(18)21)32-12-14(28)10-19(32)15-9-13(27)5-6-17(15)29;19-17-12(20)7-24-14-3-4-16(25-18(14)17)26-8-10(22)6-15(26)11-5-9(21)1-2-13(11)23;1-9(2)10(3,4)16-13(15-9)14-17-11(5,6)12(7,8)18-14;1-9(13-2)3-8(4-9)12-6-7(10)5-11-12/h3-7,11-13,17-18,23H,8-10,14H2,1-2H3;5-9,11,14,19H,10,12H2,1-4H3;1-5,7,10,15H,6,8H2;1-8H3;5-6,8H,3-4H2,1-2H3/t17-,18?,23+,27?;14-,19+;10-,15+;;/m000../s1. The third-order valence-corrected chi connectivity index (χ3v) is 29.1. The molecule has 2 aliphatic carbocycles. The molecule has 678 valence electrons. The number of halogens is 14. The van der Waals surface area contributed by atoms with Crippen LogP contribution in [0.15, 0.2) is 139 Å². The predicted molar refractivity (Wildman–Crippen MR) is 491 cm³/mol. The van der Waals surface area contributed by atoms with Crippen molar-refractivity contribution in [2.45, 2.75) is 235 Å². The first-order valence-electron chi connectivity index (χ1n) is 42.2. The summed E-state index contributed by atoms with van der Waals surface area (Å²) in [5.74, 6) is -2.15. The third-order valence-electron chi connectivity index (χ3n) is 26.6. The quantitative estimate of drug-likeness (QED) is 0.0599. The van der Waals surface area contributed by atoms with Gasteiger partial charge in [-0.25, -0.2) is 54.5 Å². The van der Waals surface area contributed by atoms with Crippen LogP contribution in [0.3, 0.4) is 0 Å². The largest absolute Gasteiger partial charge is 0.498 e. The molecule has 0 amide bonds. The molecule has 6 aliphatic heterocycles. The van der Waals surface area contributed by atoms with Crippen molar-refractivity contribution in [3.8, 4) is 11.1 Å². The van der Waals surface area contributed by atoms with Crippen LogP contribution in [0.5, 0.6) is 0 Å². The number of aromatic nitrogens is 10. The van der Waals surface area contributed by atoms with E-state index in [-0.39, 0.29) is 95.2 Å². The summed E-state index contributed by atoms with van der Waals surface area (Å²) in [7, 11) is 1.76. The highest BCUT2D eigenvalue weighted by molar-refractivity contribution is 14.1. The maximum Gasteiger partial charge on any atom is 0.498 e. The normalized spacial score (nSPS) is 25.6. The summed E-state index contributed by atoms with van der Waals surface area (Å²) in [6, 6.07) is 18.8. The van der Waals surface area contributed by atoms with E-state index >= 15 is 0 Å². The number of ether oxygens (including phenoxy) is 2. The number of pyridine rings is 6. The van der Waals surface area contributed by atoms with Gasteiger partial charge in [0, 0.05) is 97.7 Å². The number of fused-ring (bicyclic) bond motifs is 3. The van der Waals surface area contributed by atoms with Crippen LogP contribution in [0, 0.1) is 38.5 Å². The van der Waals surface area contributed by atoms with Gasteiger partial charge in [0.05, 0.1) is 152 Å². The fraction of sp³-hybridized carbons (Fsp3) is 0.467. The van der Waals surface area contributed by atoms with E-state index in [1.54, 1.807) is 77.7 Å². The molecule has 0 unspecified atom stereocenters. The third kappa shape index (κ3) is 19.4. The number of benzene rings is 3. The molecule has 128 heavy (non-hydrogen) atoms. The Morgan fingerprint density at radius 3 is 1.16 bits per heavy atom. The molecule has 14 heterocycles. The average molecular weight is 2010 g/mol. The maximum atomic E-state index is 14.6. The Kier molecular flexibility index (Phi) is 27.1. The molecule has 0 radical (unpaired) electrons. The minimum Gasteiger partial charge on any atom is -0.405 e. The van der Waals surface area contributed by atoms with Crippen molar-refractivity contribution in [1.29, 1.82) is 0 Å². The zero-order valence-corrected chi connectivity index (χ0v) is 79.5. The Morgan fingerprint density at radius 1 is 0.430 bits per heavy atom. The fourth-order valence-electron chi connectivity index (χ4n) is 17.1. The van der Waals surface area contributed by atoms with Crippen LogP contribution in [0.2, 0.25) is 15.1 Å². The molecule has 2 saturated carbocycles. The minimum absolute atomic E-state index is 0.00105. The molecular weight excluding hydrogens is 1910 g/mol. The molecule has 21 nitrogen and oxygen atoms in total. The second-order valence-electron chi connectivity index (χ2n) is 37.2. The van der Waals surface area contributed by atoms with E-state index < -0.39 is 104 Å². The van der Waals surface area contributed by atoms with Crippen molar-refractivity contribution >= 4 is 150 Å². The molecule has 8 fully saturated rings. The van der Waals surface area contributed by atoms with E-state index in [4.69, 9.17) is 82.2 Å². The zero-order valence-electron chi connectivity index (χ0n) is 73.5. The number of alkyl halides is 3. The summed E-state index contributed by atoms with van der Waals surface area (Å²) >= 11 is 24.9. The lowest BCUT2D eigenvalue weighted by Crippen LogP contribution is -2.43. The van der Waals surface area contributed by atoms with Gasteiger partial charge in [-0.05, 0) is 252 Å². The van der Waals surface area contributed by atoms with Crippen LogP contribution < -0.4 is 20.2 Å². The van der Waals surface area contributed by atoms with Crippen molar-refractivity contribution in [2.75, 3.05) is 48.6 Å². The smallest absolute Gasteiger partial charge is 0.405 e. The topological polar surface area (TPSA) is 197 Å². The molecule has 11 aromatic rings. The number of hydrogen-bond donors (Lipinski definition) is 0. The number of methoxy groups -OCH3 is 2. The van der Waals surface area contributed by atoms with E-state index in [1.807, 2.05) is 105 Å². The maximum absolute atomic E-state index is 14.6. The van der Waals surface area contributed by atoms with Crippen LogP contribution >= 0.6 is 73.3 Å². The summed E-state index contributed by atoms with van der Waals surface area (Å²) in [6.07, 6.45) is 12.6. The van der Waals surface area contributed by atoms with E-state index in [0.29, 0.717) is 87.2 Å². The highest BCUT2D eigenvalue weighted by atomic mass is 127. The SMILES string of the molecule is CC1(C)OB(B2OC(C)(C)C(C)(C)O2)OC1(C)C.CC1(C)OB(c2c(Cl)cnc3ccc(N4C[C@@H](F)C[C@@H]4c4cc(F)ccc4F)nc23)OC1(C)C.COC1(C)CC(n2cc(-c3c(Cl)cnc4ccc(N5C[C@@H](F)C[C@@H]5c5cc(F)ccc5F)nc34)cn2)C1.COC1(C)CC(n2cc(I)cn2)C1.Fc1ccc(F)c([C@H]2C[C@H](F)CN2c2ccc3ncc(Cl)c(Br)c3n2)c1. The lowest BCUT2D eigenvalue weighted by atomic mass is 9.49. The molecule has 8 aliphatic rings. The summed E-state index contributed by atoms with van der Waals surface area (Å²) in [6.45, 7) is 28.2. The van der Waals surface area contributed by atoms with E-state index in [2.05, 4.69) is 88.7 Å². The van der Waals surface area contributed by atoms with Crippen LogP contribution in [0.4, 0.5) is 57.0 Å². The monoisotopic (exact) mass is 2000 g/mol. The molecule has 3 aromatic carbocycles. The lowest BCUT2D eigenvalue weighted by Gasteiger charge is -2.43. The molecule has 0 spiro atoms. The van der Waals surface area contributed by atoms with Crippen molar-refractivity contribution in [2.24, 2.45) is 0 Å². The number of hydrogen-bond acceptors (Lipinski definition) is 19. The van der Waals surface area contributed by atoms with Gasteiger partial charge in [0.15, 0.2) is 0 Å². The molecule has 8 aromatic heterocycles. The van der Waals surface area contributed by atoms with Crippen LogP contribution in [-0.4, -0.2) is 168 Å². The second kappa shape index (κ2) is 36.5. The van der Waals surface area contributed by atoms with E-state index in [1.165, 1.54) is 16.0 Å². The molecular formula is C90H98B3BrCl3F9IN13O8. The Labute approximate surface area is 775 Å². The zero-order chi connectivity index (χ0) is 92.2. The molecule has 19 rings (SSSR count). The molecule has 0 N–H and O–H groups in total. The second-order valence-corrected chi connectivity index (χ2v) is 40.4. The highest BCUT2D eigenvalue weighted by Gasteiger charge is 2.64. The number of anilines is 3. The van der Waals surface area contributed by atoms with Crippen LogP contribution in [0.25, 0.3) is 44.2 Å². The lowest BCUT2D eigenvalue weighted by molar-refractivity contribution is -0.0877. The van der Waals surface area contributed by atoms with E-state index in [0.717, 1.165) is 85.8 Å². The summed E-state index contributed by atoms with van der Waals surface area (Å²) in [4.78, 5) is 32.1. The Morgan fingerprint density at radius 2 is 0.773 bits per heavy atom. The van der Waals surface area contributed by atoms with Gasteiger partial charge >= 0.3 is 21.1 Å². The van der Waals surface area contributed by atoms with Gasteiger partial charge in [0.25, 0.3) is 0 Å². The van der Waals surface area contributed by atoms with Gasteiger partial charge in [0.1, 0.15) is 81.9 Å². The summed E-state index contributed by atoms with van der Waals surface area (Å²) < 4.78 is 181. The van der Waals surface area contributed by atoms with Crippen molar-refractivity contribution in [3.05, 3.63) is 209 Å². The van der Waals surface area contributed by atoms with Gasteiger partial charge in [-0.2, -0.15) is 10.2 Å². The summed E-state index contributed by atoms with van der Waals surface area (Å²) in [5, 5.41) is 9.99. The molecule has 0 bridgehead atoms. The van der Waals surface area contributed by atoms with Gasteiger partial charge in [-0.3, -0.25) is 24.3 Å². The van der Waals surface area contributed by atoms with Gasteiger partial charge in [0.2, 0.25) is 0 Å². The fourth-order valence-corrected chi connectivity index (χ4v) is 18.5. The molecule has 6 atom stereocenters. The van der Waals surface area contributed by atoms with Crippen LogP contribution in [0.1, 0.15) is 189 Å². The first kappa shape index (κ1) is 95.1. The van der Waals surface area contributed by atoms with E-state index in [9.17, 15) is 39.5 Å². The first-order valence-corrected chi connectivity index (χ1v) is 45.2. The molecule has 6 saturated heterocycles. The first-order chi connectivity index (χ1) is 60.2. The van der Waals surface area contributed by atoms with Crippen molar-refractivity contribution < 1.29 is 76.9 Å². The number of rotatable bonds is 13. The Balaban J connectivity index is 0.000000128. The molecule has 38 heteroatoms. The Hall–Kier alpha value is -7.52. The minimum atomic E-state index is -1.22. The van der Waals surface area contributed by atoms with Crippen molar-refractivity contribution in [3.63, 3.8) is 0 Å². The van der Waals surface area contributed by atoms with Gasteiger partial charge in [-0.15, -0.1) is 0 Å². The predicted octanol–water partition coefficient (Wildman–Crippen LogP) is 21.7. The Bertz CT molecular complexity index is 5890. The summed E-state index contributed by atoms with van der Waals surface area (Å²) in [5.41, 5.74) is 2.90. The van der Waals surface area contributed by atoms with Gasteiger partial charge in [-0.1, -0.05) is 34.8 Å². The van der Waals surface area contributed by atoms with Crippen molar-refractivity contribution in [1.82, 2.24) is 49.5 Å². The average Bonchev–Trinajstić information content (AvgIpc) is 1.52. The van der Waals surface area contributed by atoms with Gasteiger partial charge < -0.3 is 52.1 Å². The highest BCUT2D eigenvalue weighted by Crippen LogP contribution is 2.50.